The smallest absolute Gasteiger partial charge is 0.439 e. The van der Waals surface area contributed by atoms with Gasteiger partial charge in [-0.15, -0.1) is 0 Å². The highest BCUT2D eigenvalue weighted by Crippen LogP contribution is 2.50. The summed E-state index contributed by atoms with van der Waals surface area (Å²) in [6.07, 6.45) is 0. The molecule has 11 nitrogen and oxygen atoms in total. The topological polar surface area (TPSA) is 170 Å². The molecule has 0 saturated heterocycles. The second-order valence-corrected chi connectivity index (χ2v) is 8.99. The van der Waals surface area contributed by atoms with Gasteiger partial charge in [-0.3, -0.25) is 9.35 Å². The summed E-state index contributed by atoms with van der Waals surface area (Å²) in [7, 11) is -12.8. The van der Waals surface area contributed by atoms with E-state index >= 15 is 0 Å². The van der Waals surface area contributed by atoms with Gasteiger partial charge in [0.15, 0.2) is 0 Å². The molecule has 1 aromatic rings. The summed E-state index contributed by atoms with van der Waals surface area (Å²) in [4.78, 5) is 35.3. The fourth-order valence-electron chi connectivity index (χ4n) is 1.98. The zero-order chi connectivity index (χ0) is 26.2. The van der Waals surface area contributed by atoms with Crippen molar-refractivity contribution in [3.8, 4) is 0 Å². The molecular formula is C14H11F6NO10S2. The highest BCUT2D eigenvalue weighted by molar-refractivity contribution is 7.91. The number of carbonyl (C=O) groups is 3. The number of benzene rings is 1. The van der Waals surface area contributed by atoms with Gasteiger partial charge in [0.2, 0.25) is 0 Å². The second-order valence-electron chi connectivity index (χ2n) is 5.80. The number of ether oxygens (including phenoxy) is 2. The average Bonchev–Trinajstić information content (AvgIpc) is 2.70. The fraction of sp³-hybridized carbons (Fsp3) is 0.357. The Morgan fingerprint density at radius 3 is 1.48 bits per heavy atom. The van der Waals surface area contributed by atoms with Gasteiger partial charge in [0.05, 0.1) is 25.3 Å². The number of amides is 1. The van der Waals surface area contributed by atoms with Crippen LogP contribution in [-0.4, -0.2) is 69.9 Å². The number of methoxy groups -OCH3 is 2. The third-order valence-electron chi connectivity index (χ3n) is 3.66. The molecule has 1 aromatic carbocycles. The molecule has 1 amide bonds. The maximum absolute atomic E-state index is 13.8. The minimum Gasteiger partial charge on any atom is -0.465 e. The molecule has 0 heterocycles. The molecule has 2 N–H and O–H groups in total. The van der Waals surface area contributed by atoms with Crippen LogP contribution in [0.3, 0.4) is 0 Å². The number of nitrogens with one attached hydrogen (secondary N) is 1. The van der Waals surface area contributed by atoms with E-state index in [2.05, 4.69) is 9.47 Å². The van der Waals surface area contributed by atoms with Crippen LogP contribution in [0.5, 0.6) is 0 Å². The Morgan fingerprint density at radius 2 is 1.15 bits per heavy atom. The molecule has 0 aliphatic rings. The third-order valence-corrected chi connectivity index (χ3v) is 5.95. The van der Waals surface area contributed by atoms with Crippen LogP contribution in [0.1, 0.15) is 31.1 Å². The first-order valence-electron chi connectivity index (χ1n) is 7.66. The molecule has 0 unspecified atom stereocenters. The highest BCUT2D eigenvalue weighted by atomic mass is 32.2. The highest BCUT2D eigenvalue weighted by Gasteiger charge is 2.82. The van der Waals surface area contributed by atoms with Gasteiger partial charge in [0.25, 0.3) is 5.91 Å². The van der Waals surface area contributed by atoms with Gasteiger partial charge >= 0.3 is 48.5 Å². The predicted molar refractivity (Wildman–Crippen MR) is 91.9 cm³/mol. The first-order chi connectivity index (χ1) is 14.7. The number of hydrogen-bond donors (Lipinski definition) is 2. The standard InChI is InChI=1S/C14H11F6NO10S2/c1-30-10(23)7-3-6(4-8(5-7)11(24)31-2)9(22)21-32(25,26)13(17,18)12(15,16)14(19,20)33(27,28)29/h3-5H,1-2H3,(H,21,22)(H,27,28,29). The summed E-state index contributed by atoms with van der Waals surface area (Å²) in [6, 6.07) is 1.65. The Hall–Kier alpha value is -2.93. The number of sulfonamides is 1. The van der Waals surface area contributed by atoms with Gasteiger partial charge in [-0.1, -0.05) is 0 Å². The number of esters is 2. The molecule has 0 saturated carbocycles. The average molecular weight is 531 g/mol. The van der Waals surface area contributed by atoms with Crippen molar-refractivity contribution in [2.24, 2.45) is 0 Å². The Morgan fingerprint density at radius 1 is 0.788 bits per heavy atom. The number of alkyl halides is 6. The van der Waals surface area contributed by atoms with Gasteiger partial charge in [-0.25, -0.2) is 14.3 Å². The molecule has 186 valence electrons. The Kier molecular flexibility index (Phi) is 7.48. The van der Waals surface area contributed by atoms with E-state index in [9.17, 15) is 57.6 Å². The summed E-state index contributed by atoms with van der Waals surface area (Å²) in [5.74, 6) is -12.0. The zero-order valence-electron chi connectivity index (χ0n) is 15.9. The second kappa shape index (κ2) is 8.78. The van der Waals surface area contributed by atoms with Gasteiger partial charge in [-0.05, 0) is 18.2 Å². The summed E-state index contributed by atoms with van der Waals surface area (Å²) < 4.78 is 142. The van der Waals surface area contributed by atoms with Crippen molar-refractivity contribution < 1.29 is 71.6 Å². The van der Waals surface area contributed by atoms with Crippen LogP contribution in [-0.2, 0) is 29.6 Å². The molecule has 0 atom stereocenters. The predicted octanol–water partition coefficient (Wildman–Crippen LogP) is 1.03. The number of hydrogen-bond acceptors (Lipinski definition) is 9. The molecule has 0 radical (unpaired) electrons. The van der Waals surface area contributed by atoms with E-state index in [-0.39, 0.29) is 0 Å². The lowest BCUT2D eigenvalue weighted by atomic mass is 10.1. The lowest BCUT2D eigenvalue weighted by Gasteiger charge is -2.30. The van der Waals surface area contributed by atoms with E-state index in [0.29, 0.717) is 16.9 Å². The SMILES string of the molecule is COC(=O)c1cc(C(=O)NS(=O)(=O)C(F)(F)C(F)(F)C(F)(F)S(=O)(=O)O)cc(C(=O)OC)c1. The maximum atomic E-state index is 13.8. The van der Waals surface area contributed by atoms with E-state index in [4.69, 9.17) is 4.55 Å². The molecule has 0 aliphatic carbocycles. The molecule has 19 heteroatoms. The van der Waals surface area contributed by atoms with E-state index in [1.54, 1.807) is 0 Å². The minimum atomic E-state index is -7.29. The molecule has 33 heavy (non-hydrogen) atoms. The first-order valence-corrected chi connectivity index (χ1v) is 10.6. The molecular weight excluding hydrogens is 520 g/mol. The van der Waals surface area contributed by atoms with Crippen molar-refractivity contribution in [2.45, 2.75) is 16.4 Å². The minimum absolute atomic E-state index is 0.300. The Bertz CT molecular complexity index is 1160. The number of rotatable bonds is 8. The van der Waals surface area contributed by atoms with Crippen molar-refractivity contribution in [3.63, 3.8) is 0 Å². The van der Waals surface area contributed by atoms with Crippen LogP contribution in [0.2, 0.25) is 0 Å². The van der Waals surface area contributed by atoms with Crippen molar-refractivity contribution >= 4 is 38.0 Å². The Labute approximate surface area is 180 Å². The van der Waals surface area contributed by atoms with E-state index in [1.807, 2.05) is 0 Å². The van der Waals surface area contributed by atoms with Crippen LogP contribution < -0.4 is 4.72 Å². The summed E-state index contributed by atoms with van der Waals surface area (Å²) >= 11 is 0. The largest absolute Gasteiger partial charge is 0.465 e. The molecule has 0 aromatic heterocycles. The quantitative estimate of drug-likeness (QED) is 0.281. The zero-order valence-corrected chi connectivity index (χ0v) is 17.6. The fourth-order valence-corrected chi connectivity index (χ4v) is 3.45. The van der Waals surface area contributed by atoms with E-state index < -0.39 is 71.1 Å². The van der Waals surface area contributed by atoms with Crippen LogP contribution in [0.25, 0.3) is 0 Å². The monoisotopic (exact) mass is 531 g/mol. The molecule has 0 bridgehead atoms. The summed E-state index contributed by atoms with van der Waals surface area (Å²) in [6.45, 7) is 0. The molecule has 1 rings (SSSR count). The van der Waals surface area contributed by atoms with Crippen molar-refractivity contribution in [1.29, 1.82) is 0 Å². The van der Waals surface area contributed by atoms with E-state index in [1.165, 1.54) is 0 Å². The van der Waals surface area contributed by atoms with Gasteiger partial charge in [-0.2, -0.15) is 43.2 Å². The van der Waals surface area contributed by atoms with Crippen molar-refractivity contribution in [1.82, 2.24) is 4.72 Å². The van der Waals surface area contributed by atoms with Crippen LogP contribution in [0, 0.1) is 0 Å². The lowest BCUT2D eigenvalue weighted by Crippen LogP contribution is -2.63. The lowest BCUT2D eigenvalue weighted by molar-refractivity contribution is -0.245. The first kappa shape index (κ1) is 28.1. The number of carbonyl (C=O) groups excluding carboxylic acids is 3. The maximum Gasteiger partial charge on any atom is 0.439 e. The van der Waals surface area contributed by atoms with Crippen molar-refractivity contribution in [2.75, 3.05) is 14.2 Å². The van der Waals surface area contributed by atoms with E-state index in [0.717, 1.165) is 20.3 Å². The number of halogens is 6. The summed E-state index contributed by atoms with van der Waals surface area (Å²) in [5, 5.41) is -14.0. The van der Waals surface area contributed by atoms with Crippen LogP contribution in [0.15, 0.2) is 18.2 Å². The normalized spacial score (nSPS) is 13.2. The van der Waals surface area contributed by atoms with Gasteiger partial charge in [0.1, 0.15) is 0 Å². The van der Waals surface area contributed by atoms with Gasteiger partial charge in [0, 0.05) is 5.56 Å². The van der Waals surface area contributed by atoms with Crippen LogP contribution in [0.4, 0.5) is 26.3 Å². The molecule has 0 aliphatic heterocycles. The molecule has 0 spiro atoms. The third kappa shape index (κ3) is 4.88. The van der Waals surface area contributed by atoms with Gasteiger partial charge < -0.3 is 9.47 Å². The molecule has 0 fully saturated rings. The van der Waals surface area contributed by atoms with Crippen LogP contribution >= 0.6 is 0 Å². The van der Waals surface area contributed by atoms with Crippen molar-refractivity contribution in [3.05, 3.63) is 34.9 Å². The summed E-state index contributed by atoms with van der Waals surface area (Å²) in [5.41, 5.74) is -2.43. The Balaban J connectivity index is 3.54.